The van der Waals surface area contributed by atoms with Crippen molar-refractivity contribution >= 4 is 5.91 Å². The molecule has 0 aliphatic carbocycles. The zero-order valence-corrected chi connectivity index (χ0v) is 14.8. The molecule has 0 saturated carbocycles. The Balaban J connectivity index is 1.49. The van der Waals surface area contributed by atoms with Crippen LogP contribution in [0.4, 0.5) is 0 Å². The fourth-order valence-electron chi connectivity index (χ4n) is 3.25. The molecule has 0 aromatic heterocycles. The minimum Gasteiger partial charge on any atom is -0.392 e. The molecule has 1 heterocycles. The molecule has 0 atom stereocenters. The van der Waals surface area contributed by atoms with Crippen molar-refractivity contribution in [2.24, 2.45) is 0 Å². The number of hydrogen-bond donors (Lipinski definition) is 1. The van der Waals surface area contributed by atoms with Gasteiger partial charge in [0.15, 0.2) is 0 Å². The molecule has 4 heteroatoms. The Morgan fingerprint density at radius 1 is 0.960 bits per heavy atom. The van der Waals surface area contributed by atoms with Crippen LogP contribution in [0.1, 0.15) is 22.3 Å². The highest BCUT2D eigenvalue weighted by Gasteiger charge is 2.21. The van der Waals surface area contributed by atoms with E-state index in [1.54, 1.807) is 0 Å². The van der Waals surface area contributed by atoms with Crippen molar-refractivity contribution in [3.63, 3.8) is 0 Å². The number of hydrogen-bond acceptors (Lipinski definition) is 3. The van der Waals surface area contributed by atoms with Crippen molar-refractivity contribution in [3.05, 3.63) is 70.8 Å². The fourth-order valence-corrected chi connectivity index (χ4v) is 3.25. The third-order valence-electron chi connectivity index (χ3n) is 4.94. The first-order chi connectivity index (χ1) is 12.2. The molecule has 0 bridgehead atoms. The van der Waals surface area contributed by atoms with Gasteiger partial charge in [0.2, 0.25) is 5.91 Å². The van der Waals surface area contributed by atoms with Crippen LogP contribution < -0.4 is 0 Å². The van der Waals surface area contributed by atoms with Gasteiger partial charge in [-0.05, 0) is 29.2 Å². The minimum atomic E-state index is 0.0853. The Bertz CT molecular complexity index is 704. The summed E-state index contributed by atoms with van der Waals surface area (Å²) in [5.74, 6) is 0.223. The number of aliphatic hydroxyl groups is 1. The van der Waals surface area contributed by atoms with E-state index >= 15 is 0 Å². The van der Waals surface area contributed by atoms with Crippen LogP contribution in [0.25, 0.3) is 0 Å². The van der Waals surface area contributed by atoms with E-state index < -0.39 is 0 Å². The summed E-state index contributed by atoms with van der Waals surface area (Å²) in [7, 11) is 0. The van der Waals surface area contributed by atoms with Crippen LogP contribution in [0.2, 0.25) is 0 Å². The average molecular weight is 338 g/mol. The van der Waals surface area contributed by atoms with Gasteiger partial charge in [0.25, 0.3) is 0 Å². The Hall–Kier alpha value is -2.17. The average Bonchev–Trinajstić information content (AvgIpc) is 2.65. The maximum Gasteiger partial charge on any atom is 0.227 e. The van der Waals surface area contributed by atoms with Crippen molar-refractivity contribution in [3.8, 4) is 0 Å². The third-order valence-corrected chi connectivity index (χ3v) is 4.94. The second kappa shape index (κ2) is 8.28. The second-order valence-corrected chi connectivity index (χ2v) is 6.73. The maximum atomic E-state index is 12.5. The Morgan fingerprint density at radius 3 is 2.24 bits per heavy atom. The van der Waals surface area contributed by atoms with Gasteiger partial charge in [-0.2, -0.15) is 0 Å². The lowest BCUT2D eigenvalue weighted by molar-refractivity contribution is -0.132. The first-order valence-electron chi connectivity index (χ1n) is 8.89. The summed E-state index contributed by atoms with van der Waals surface area (Å²) < 4.78 is 0. The zero-order chi connectivity index (χ0) is 17.6. The van der Waals surface area contributed by atoms with E-state index in [0.29, 0.717) is 6.42 Å². The summed E-state index contributed by atoms with van der Waals surface area (Å²) >= 11 is 0. The quantitative estimate of drug-likeness (QED) is 0.910. The Kier molecular flexibility index (Phi) is 5.84. The van der Waals surface area contributed by atoms with E-state index in [1.165, 1.54) is 11.1 Å². The second-order valence-electron chi connectivity index (χ2n) is 6.73. The number of aryl methyl sites for hydroxylation is 1. The van der Waals surface area contributed by atoms with Crippen LogP contribution in [0.15, 0.2) is 48.5 Å². The van der Waals surface area contributed by atoms with Gasteiger partial charge in [0.05, 0.1) is 13.0 Å². The van der Waals surface area contributed by atoms with E-state index in [0.717, 1.165) is 43.9 Å². The molecule has 1 fully saturated rings. The van der Waals surface area contributed by atoms with Gasteiger partial charge in [-0.1, -0.05) is 48.5 Å². The number of carbonyl (C=O) groups is 1. The largest absolute Gasteiger partial charge is 0.392 e. The van der Waals surface area contributed by atoms with Crippen molar-refractivity contribution in [2.75, 3.05) is 26.2 Å². The molecule has 25 heavy (non-hydrogen) atoms. The van der Waals surface area contributed by atoms with Gasteiger partial charge >= 0.3 is 0 Å². The molecule has 2 aromatic carbocycles. The monoisotopic (exact) mass is 338 g/mol. The number of carbonyl (C=O) groups excluding carboxylic acids is 1. The first-order valence-corrected chi connectivity index (χ1v) is 8.89. The summed E-state index contributed by atoms with van der Waals surface area (Å²) in [6.07, 6.45) is 0.495. The van der Waals surface area contributed by atoms with Gasteiger partial charge < -0.3 is 10.0 Å². The SMILES string of the molecule is Cc1ccccc1CC(=O)N1CCN(Cc2ccc(CO)cc2)CC1. The minimum absolute atomic E-state index is 0.0853. The molecule has 4 nitrogen and oxygen atoms in total. The number of piperazine rings is 1. The van der Waals surface area contributed by atoms with Crippen LogP contribution in [-0.4, -0.2) is 47.0 Å². The zero-order valence-electron chi connectivity index (χ0n) is 14.8. The highest BCUT2D eigenvalue weighted by molar-refractivity contribution is 5.79. The molecule has 0 spiro atoms. The molecule has 132 valence electrons. The summed E-state index contributed by atoms with van der Waals surface area (Å²) in [5.41, 5.74) is 4.49. The van der Waals surface area contributed by atoms with Crippen LogP contribution in [-0.2, 0) is 24.4 Å². The molecule has 0 radical (unpaired) electrons. The number of aliphatic hydroxyl groups excluding tert-OH is 1. The molecule has 1 aliphatic heterocycles. The van der Waals surface area contributed by atoms with Crippen LogP contribution in [0, 0.1) is 6.92 Å². The molecule has 1 aliphatic rings. The number of nitrogens with zero attached hydrogens (tertiary/aromatic N) is 2. The molecule has 2 aromatic rings. The standard InChI is InChI=1S/C21H26N2O2/c1-17-4-2-3-5-20(17)14-21(25)23-12-10-22(11-13-23)15-18-6-8-19(16-24)9-7-18/h2-9,24H,10-16H2,1H3. The molecule has 1 amide bonds. The topological polar surface area (TPSA) is 43.8 Å². The summed E-state index contributed by atoms with van der Waals surface area (Å²) in [6, 6.07) is 16.2. The Morgan fingerprint density at radius 2 is 1.60 bits per heavy atom. The lowest BCUT2D eigenvalue weighted by Gasteiger charge is -2.35. The van der Waals surface area contributed by atoms with Crippen molar-refractivity contribution in [1.29, 1.82) is 0 Å². The summed E-state index contributed by atoms with van der Waals surface area (Å²) in [6.45, 7) is 6.43. The third kappa shape index (κ3) is 4.68. The van der Waals surface area contributed by atoms with E-state index in [4.69, 9.17) is 5.11 Å². The highest BCUT2D eigenvalue weighted by atomic mass is 16.3. The van der Waals surface area contributed by atoms with Crippen molar-refractivity contribution < 1.29 is 9.90 Å². The number of amides is 1. The van der Waals surface area contributed by atoms with Crippen molar-refractivity contribution in [1.82, 2.24) is 9.80 Å². The summed E-state index contributed by atoms with van der Waals surface area (Å²) in [5, 5.41) is 9.11. The van der Waals surface area contributed by atoms with Gasteiger partial charge in [0, 0.05) is 32.7 Å². The predicted octanol–water partition coefficient (Wildman–Crippen LogP) is 2.37. The first kappa shape index (κ1) is 17.6. The molecule has 0 unspecified atom stereocenters. The fraction of sp³-hybridized carbons (Fsp3) is 0.381. The predicted molar refractivity (Wildman–Crippen MR) is 99.1 cm³/mol. The number of rotatable bonds is 5. The molecule has 1 saturated heterocycles. The maximum absolute atomic E-state index is 12.5. The van der Waals surface area contributed by atoms with Gasteiger partial charge in [-0.3, -0.25) is 9.69 Å². The van der Waals surface area contributed by atoms with E-state index in [2.05, 4.69) is 30.0 Å². The van der Waals surface area contributed by atoms with E-state index in [9.17, 15) is 4.79 Å². The Labute approximate surface area is 149 Å². The van der Waals surface area contributed by atoms with Crippen molar-refractivity contribution in [2.45, 2.75) is 26.5 Å². The molecule has 1 N–H and O–H groups in total. The summed E-state index contributed by atoms with van der Waals surface area (Å²) in [4.78, 5) is 16.9. The van der Waals surface area contributed by atoms with E-state index in [1.807, 2.05) is 35.2 Å². The van der Waals surface area contributed by atoms with Gasteiger partial charge in [0.1, 0.15) is 0 Å². The highest BCUT2D eigenvalue weighted by Crippen LogP contribution is 2.13. The van der Waals surface area contributed by atoms with Gasteiger partial charge in [-0.15, -0.1) is 0 Å². The van der Waals surface area contributed by atoms with Crippen LogP contribution in [0.5, 0.6) is 0 Å². The molecule has 3 rings (SSSR count). The van der Waals surface area contributed by atoms with Gasteiger partial charge in [-0.25, -0.2) is 0 Å². The number of benzene rings is 2. The molecular weight excluding hydrogens is 312 g/mol. The van der Waals surface area contributed by atoms with Crippen LogP contribution >= 0.6 is 0 Å². The molecular formula is C21H26N2O2. The lowest BCUT2D eigenvalue weighted by Crippen LogP contribution is -2.48. The van der Waals surface area contributed by atoms with E-state index in [-0.39, 0.29) is 12.5 Å². The smallest absolute Gasteiger partial charge is 0.227 e. The normalized spacial score (nSPS) is 15.4. The lowest BCUT2D eigenvalue weighted by atomic mass is 10.1. The van der Waals surface area contributed by atoms with Crippen LogP contribution in [0.3, 0.4) is 0 Å².